The first-order valence-electron chi connectivity index (χ1n) is 7.01. The van der Waals surface area contributed by atoms with E-state index in [0.29, 0.717) is 24.2 Å². The van der Waals surface area contributed by atoms with Gasteiger partial charge in [-0.25, -0.2) is 0 Å². The quantitative estimate of drug-likeness (QED) is 0.883. The van der Waals surface area contributed by atoms with Gasteiger partial charge in [0.25, 0.3) is 0 Å². The van der Waals surface area contributed by atoms with Crippen molar-refractivity contribution < 1.29 is 14.4 Å². The first-order valence-corrected chi connectivity index (χ1v) is 7.89. The Labute approximate surface area is 126 Å². The van der Waals surface area contributed by atoms with Gasteiger partial charge in [0.05, 0.1) is 11.4 Å². The van der Waals surface area contributed by atoms with Crippen molar-refractivity contribution in [2.24, 2.45) is 5.92 Å². The Hall–Kier alpha value is -1.73. The molecule has 0 aliphatic carbocycles. The third-order valence-corrected chi connectivity index (χ3v) is 4.57. The van der Waals surface area contributed by atoms with E-state index in [-0.39, 0.29) is 6.42 Å². The minimum absolute atomic E-state index is 0.252. The highest BCUT2D eigenvalue weighted by atomic mass is 32.1. The lowest BCUT2D eigenvalue weighted by Gasteiger charge is -2.12. The second-order valence-electron chi connectivity index (χ2n) is 5.31. The third-order valence-electron chi connectivity index (χ3n) is 3.70. The molecule has 6 nitrogen and oxygen atoms in total. The zero-order chi connectivity index (χ0) is 14.7. The summed E-state index contributed by atoms with van der Waals surface area (Å²) in [4.78, 5) is 18.3. The molecule has 2 aromatic rings. The number of aliphatic carboxylic acids is 1. The molecule has 3 heterocycles. The van der Waals surface area contributed by atoms with Crippen molar-refractivity contribution in [2.75, 3.05) is 13.1 Å². The molecule has 2 aromatic heterocycles. The number of hydrogen-bond donors (Lipinski definition) is 1. The lowest BCUT2D eigenvalue weighted by atomic mass is 10.0. The Bertz CT molecular complexity index is 596. The average molecular weight is 307 g/mol. The lowest BCUT2D eigenvalue weighted by molar-refractivity contribution is -0.137. The Kier molecular flexibility index (Phi) is 4.31. The lowest BCUT2D eigenvalue weighted by Crippen LogP contribution is -2.20. The smallest absolute Gasteiger partial charge is 0.303 e. The van der Waals surface area contributed by atoms with Crippen molar-refractivity contribution in [1.82, 2.24) is 15.0 Å². The van der Waals surface area contributed by atoms with Gasteiger partial charge in [0.1, 0.15) is 0 Å². The third kappa shape index (κ3) is 3.68. The Balaban J connectivity index is 1.52. The molecule has 1 N–H and O–H groups in total. The Morgan fingerprint density at radius 3 is 3.24 bits per heavy atom. The van der Waals surface area contributed by atoms with E-state index in [1.807, 2.05) is 17.5 Å². The number of thiophene rings is 1. The molecule has 1 atom stereocenters. The second-order valence-corrected chi connectivity index (χ2v) is 6.26. The van der Waals surface area contributed by atoms with Crippen molar-refractivity contribution in [3.8, 4) is 10.7 Å². The number of hydrogen-bond acceptors (Lipinski definition) is 6. The van der Waals surface area contributed by atoms with Gasteiger partial charge in [-0.3, -0.25) is 9.69 Å². The number of rotatable bonds is 6. The normalized spacial score (nSPS) is 19.1. The van der Waals surface area contributed by atoms with Crippen LogP contribution < -0.4 is 0 Å². The van der Waals surface area contributed by atoms with Crippen molar-refractivity contribution in [3.63, 3.8) is 0 Å². The molecule has 0 spiro atoms. The van der Waals surface area contributed by atoms with Crippen LogP contribution in [0.3, 0.4) is 0 Å². The molecule has 0 radical (unpaired) electrons. The van der Waals surface area contributed by atoms with Gasteiger partial charge in [-0.15, -0.1) is 11.3 Å². The van der Waals surface area contributed by atoms with E-state index in [1.54, 1.807) is 11.3 Å². The van der Waals surface area contributed by atoms with Gasteiger partial charge in [0.15, 0.2) is 0 Å². The fourth-order valence-corrected chi connectivity index (χ4v) is 3.29. The maximum Gasteiger partial charge on any atom is 0.303 e. The zero-order valence-electron chi connectivity index (χ0n) is 11.6. The molecule has 21 heavy (non-hydrogen) atoms. The number of carboxylic acid groups (broad SMARTS) is 1. The van der Waals surface area contributed by atoms with E-state index in [2.05, 4.69) is 15.0 Å². The van der Waals surface area contributed by atoms with Gasteiger partial charge in [-0.2, -0.15) is 4.98 Å². The van der Waals surface area contributed by atoms with E-state index < -0.39 is 5.97 Å². The molecule has 1 saturated heterocycles. The molecule has 7 heteroatoms. The van der Waals surface area contributed by atoms with Crippen LogP contribution in [0.1, 0.15) is 25.2 Å². The molecular weight excluding hydrogens is 290 g/mol. The van der Waals surface area contributed by atoms with Crippen LogP contribution >= 0.6 is 11.3 Å². The monoisotopic (exact) mass is 307 g/mol. The number of likely N-dealkylation sites (tertiary alicyclic amines) is 1. The Morgan fingerprint density at radius 2 is 2.48 bits per heavy atom. The van der Waals surface area contributed by atoms with Gasteiger partial charge in [0, 0.05) is 13.0 Å². The standard InChI is InChI=1S/C14H17N3O3S/c18-13(19)4-3-10-5-6-17(8-10)9-12-15-14(16-20-12)11-2-1-7-21-11/h1-2,7,10H,3-6,8-9H2,(H,18,19). The molecule has 0 saturated carbocycles. The number of aromatic nitrogens is 2. The number of carboxylic acids is 1. The summed E-state index contributed by atoms with van der Waals surface area (Å²) in [5.74, 6) is 1.01. The summed E-state index contributed by atoms with van der Waals surface area (Å²) in [6.45, 7) is 2.51. The maximum atomic E-state index is 10.6. The molecule has 0 bridgehead atoms. The van der Waals surface area contributed by atoms with Crippen molar-refractivity contribution in [2.45, 2.75) is 25.8 Å². The summed E-state index contributed by atoms with van der Waals surface area (Å²) < 4.78 is 5.29. The molecule has 3 rings (SSSR count). The zero-order valence-corrected chi connectivity index (χ0v) is 12.4. The van der Waals surface area contributed by atoms with Crippen LogP contribution in [0.2, 0.25) is 0 Å². The molecular formula is C14H17N3O3S. The number of nitrogens with zero attached hydrogens (tertiary/aromatic N) is 3. The van der Waals surface area contributed by atoms with Crippen molar-refractivity contribution in [1.29, 1.82) is 0 Å². The fraction of sp³-hybridized carbons (Fsp3) is 0.500. The summed E-state index contributed by atoms with van der Waals surface area (Å²) in [6, 6.07) is 3.93. The van der Waals surface area contributed by atoms with Gasteiger partial charge in [0.2, 0.25) is 11.7 Å². The van der Waals surface area contributed by atoms with Gasteiger partial charge in [-0.1, -0.05) is 11.2 Å². The summed E-state index contributed by atoms with van der Waals surface area (Å²) >= 11 is 1.59. The second kappa shape index (κ2) is 6.36. The topological polar surface area (TPSA) is 79.5 Å². The van der Waals surface area contributed by atoms with Crippen LogP contribution in [0.15, 0.2) is 22.0 Å². The van der Waals surface area contributed by atoms with E-state index in [4.69, 9.17) is 9.63 Å². The molecule has 1 aliphatic heterocycles. The van der Waals surface area contributed by atoms with E-state index in [9.17, 15) is 4.79 Å². The van der Waals surface area contributed by atoms with Gasteiger partial charge >= 0.3 is 5.97 Å². The van der Waals surface area contributed by atoms with E-state index in [1.165, 1.54) is 0 Å². The summed E-state index contributed by atoms with van der Waals surface area (Å²) in [5.41, 5.74) is 0. The molecule has 1 unspecified atom stereocenters. The van der Waals surface area contributed by atoms with E-state index >= 15 is 0 Å². The van der Waals surface area contributed by atoms with Gasteiger partial charge < -0.3 is 9.63 Å². The summed E-state index contributed by atoms with van der Waals surface area (Å²) in [7, 11) is 0. The highest BCUT2D eigenvalue weighted by molar-refractivity contribution is 7.13. The molecule has 0 aromatic carbocycles. The largest absolute Gasteiger partial charge is 0.481 e. The van der Waals surface area contributed by atoms with Crippen LogP contribution in [0.25, 0.3) is 10.7 Å². The predicted molar refractivity (Wildman–Crippen MR) is 77.9 cm³/mol. The highest BCUT2D eigenvalue weighted by Crippen LogP contribution is 2.24. The van der Waals surface area contributed by atoms with Crippen LogP contribution in [0.4, 0.5) is 0 Å². The predicted octanol–water partition coefficient (Wildman–Crippen LogP) is 2.48. The van der Waals surface area contributed by atoms with Crippen LogP contribution in [-0.4, -0.2) is 39.2 Å². The van der Waals surface area contributed by atoms with Crippen LogP contribution in [0.5, 0.6) is 0 Å². The van der Waals surface area contributed by atoms with Crippen LogP contribution in [-0.2, 0) is 11.3 Å². The van der Waals surface area contributed by atoms with Crippen molar-refractivity contribution >= 4 is 17.3 Å². The summed E-state index contributed by atoms with van der Waals surface area (Å²) in [6.07, 6.45) is 2.04. The Morgan fingerprint density at radius 1 is 1.57 bits per heavy atom. The minimum atomic E-state index is -0.717. The minimum Gasteiger partial charge on any atom is -0.481 e. The first kappa shape index (κ1) is 14.2. The van der Waals surface area contributed by atoms with Gasteiger partial charge in [-0.05, 0) is 36.8 Å². The molecule has 1 fully saturated rings. The maximum absolute atomic E-state index is 10.6. The van der Waals surface area contributed by atoms with E-state index in [0.717, 1.165) is 30.8 Å². The number of carbonyl (C=O) groups is 1. The highest BCUT2D eigenvalue weighted by Gasteiger charge is 2.24. The average Bonchev–Trinajstić information content (AvgIpc) is 3.18. The molecule has 0 amide bonds. The first-order chi connectivity index (χ1) is 10.2. The molecule has 112 valence electrons. The molecule has 1 aliphatic rings. The SMILES string of the molecule is O=C(O)CCC1CCN(Cc2nc(-c3cccs3)no2)C1. The summed E-state index contributed by atoms with van der Waals surface area (Å²) in [5, 5.41) is 14.7. The van der Waals surface area contributed by atoms with Crippen molar-refractivity contribution in [3.05, 3.63) is 23.4 Å². The van der Waals surface area contributed by atoms with Crippen LogP contribution in [0, 0.1) is 5.92 Å². The fourth-order valence-electron chi connectivity index (χ4n) is 2.64.